The Morgan fingerprint density at radius 3 is 1.50 bits per heavy atom. The summed E-state index contributed by atoms with van der Waals surface area (Å²) in [7, 11) is 4.61. The summed E-state index contributed by atoms with van der Waals surface area (Å²) in [5.74, 6) is -1.49. The van der Waals surface area contributed by atoms with Crippen LogP contribution in [0.4, 0.5) is 21.9 Å². The number of hydrogen-bond donors (Lipinski definition) is 3. The SMILES string of the molecule is C.COC(=O)c1ccc(CC(=O)CCCC[C@H]2SCC3NC(=O)NC32)cc1C.COC(=O)c1ccc([N+](=O)[O-])cc1C.COC(=O)c1ccc([N+](=O)[O-])cc1Cl.O=C(O)c1ccc([N+](=O)[O-])cc1Cl.c1ccc(Pc2ccccc2)cc1. The molecule has 3 atom stereocenters. The molecule has 2 amide bonds. The van der Waals surface area contributed by atoms with Gasteiger partial charge in [0.2, 0.25) is 0 Å². The summed E-state index contributed by atoms with van der Waals surface area (Å²) in [4.78, 5) is 97.1. The molecule has 2 aliphatic rings. The molecule has 0 aliphatic carbocycles. The number of rotatable bonds is 16. The highest BCUT2D eigenvalue weighted by atomic mass is 35.5. The van der Waals surface area contributed by atoms with E-state index in [0.717, 1.165) is 69.0 Å². The molecule has 2 unspecified atom stereocenters. The second kappa shape index (κ2) is 34.1. The number of halogens is 2. The van der Waals surface area contributed by atoms with E-state index in [1.807, 2.05) is 30.8 Å². The molecule has 6 aromatic carbocycles. The number of benzene rings is 6. The number of urea groups is 1. The monoisotopic (exact) mass is 1200 g/mol. The van der Waals surface area contributed by atoms with Gasteiger partial charge in [-0.05, 0) is 78.3 Å². The Morgan fingerprint density at radius 1 is 0.622 bits per heavy atom. The van der Waals surface area contributed by atoms with Crippen molar-refractivity contribution in [1.29, 1.82) is 0 Å². The summed E-state index contributed by atoms with van der Waals surface area (Å²) in [6.45, 7) is 3.47. The number of thioether (sulfide) groups is 1. The number of esters is 3. The van der Waals surface area contributed by atoms with Crippen molar-refractivity contribution in [3.63, 3.8) is 0 Å². The van der Waals surface area contributed by atoms with Crippen LogP contribution < -0.4 is 21.2 Å². The van der Waals surface area contributed by atoms with Crippen LogP contribution in [0.2, 0.25) is 10.0 Å². The molecule has 2 heterocycles. The lowest BCUT2D eigenvalue weighted by Crippen LogP contribution is -2.36. The van der Waals surface area contributed by atoms with Crippen LogP contribution in [0.15, 0.2) is 133 Å². The lowest BCUT2D eigenvalue weighted by molar-refractivity contribution is -0.385. The summed E-state index contributed by atoms with van der Waals surface area (Å²) in [5, 5.41) is 48.6. The molecule has 3 N–H and O–H groups in total. The zero-order chi connectivity index (χ0) is 59.8. The molecule has 2 fully saturated rings. The quantitative estimate of drug-likeness (QED) is 0.0154. The molecule has 0 radical (unpaired) electrons. The summed E-state index contributed by atoms with van der Waals surface area (Å²) in [6, 6.07) is 37.8. The van der Waals surface area contributed by atoms with Gasteiger partial charge >= 0.3 is 29.9 Å². The standard InChI is InChI=1S/C20H26N2O4S.C12H11P.C9H9NO4.C8H6ClNO4.C7H4ClNO4.CH4/c1-12-9-13(7-8-15(12)19(24)26-2)10-14(23)5-3-4-6-17-18-16(11-27-17)21-20(25)22-18;1-3-7-11(8-4-1)13-12-9-5-2-6-10-12;1-6-5-7(10(12)13)3-4-8(6)9(11)14-2;1-14-8(11)6-3-2-5(10(12)13)4-7(6)9;8-6-3-4(9(12)13)1-2-5(6)7(10)11;/h7-9,16-18H,3-6,10-11H2,1-2H3,(H2,21,22,25);1-10,13H;3-5H,1-2H3;2-4H,1H3;1-3H,(H,10,11);1H4/t16?,17-,18?;;;;;/m1...../s1. The number of nitrogens with zero attached hydrogens (tertiary/aromatic N) is 3. The van der Waals surface area contributed by atoms with Gasteiger partial charge in [-0.2, -0.15) is 11.8 Å². The van der Waals surface area contributed by atoms with Crippen molar-refractivity contribution in [3.8, 4) is 0 Å². The number of amides is 2. The van der Waals surface area contributed by atoms with E-state index >= 15 is 0 Å². The van der Waals surface area contributed by atoms with Crippen LogP contribution in [-0.4, -0.2) is 100.0 Å². The highest BCUT2D eigenvalue weighted by Gasteiger charge is 2.42. The first-order valence-electron chi connectivity index (χ1n) is 24.3. The van der Waals surface area contributed by atoms with Gasteiger partial charge in [-0.1, -0.05) is 118 Å². The van der Waals surface area contributed by atoms with Crippen molar-refractivity contribution < 1.29 is 62.9 Å². The Hall–Kier alpha value is -8.30. The Morgan fingerprint density at radius 2 is 1.06 bits per heavy atom. The molecule has 82 heavy (non-hydrogen) atoms. The average Bonchev–Trinajstić information content (AvgIpc) is 4.01. The van der Waals surface area contributed by atoms with Crippen LogP contribution >= 0.6 is 43.5 Å². The van der Waals surface area contributed by atoms with Crippen LogP contribution in [0.1, 0.15) is 91.2 Å². The second-order valence-electron chi connectivity index (χ2n) is 17.5. The molecule has 2 saturated heterocycles. The number of aryl methyl sites for hydroxylation is 2. The molecule has 21 nitrogen and oxygen atoms in total. The zero-order valence-corrected chi connectivity index (χ0v) is 47.6. The third-order valence-corrected chi connectivity index (χ3v) is 15.2. The molecule has 434 valence electrons. The molecule has 0 aromatic heterocycles. The maximum atomic E-state index is 12.3. The van der Waals surface area contributed by atoms with Gasteiger partial charge in [0, 0.05) is 60.2 Å². The number of methoxy groups -OCH3 is 3. The second-order valence-corrected chi connectivity index (χ2v) is 21.0. The third-order valence-electron chi connectivity index (χ3n) is 11.9. The minimum Gasteiger partial charge on any atom is -0.478 e. The Labute approximate surface area is 488 Å². The number of ketones is 1. The number of carbonyl (C=O) groups is 6. The molecule has 2 aliphatic heterocycles. The Bertz CT molecular complexity index is 3120. The Balaban J connectivity index is 0.000000279. The number of ether oxygens (including phenoxy) is 3. The summed E-state index contributed by atoms with van der Waals surface area (Å²) in [6.07, 6.45) is 3.84. The van der Waals surface area contributed by atoms with E-state index < -0.39 is 32.7 Å². The highest BCUT2D eigenvalue weighted by Crippen LogP contribution is 2.33. The average molecular weight is 1210 g/mol. The van der Waals surface area contributed by atoms with E-state index in [0.29, 0.717) is 34.8 Å². The van der Waals surface area contributed by atoms with E-state index in [2.05, 4.69) is 80.8 Å². The minimum absolute atomic E-state index is 0. The fraction of sp³-hybridized carbons (Fsp3) is 0.263. The molecular weight excluding hydrogens is 1140 g/mol. The van der Waals surface area contributed by atoms with E-state index in [1.165, 1.54) is 62.3 Å². The fourth-order valence-electron chi connectivity index (χ4n) is 7.80. The predicted molar refractivity (Wildman–Crippen MR) is 316 cm³/mol. The molecule has 6 aromatic rings. The number of carboxylic acid groups (broad SMARTS) is 1. The Kier molecular flexibility index (Phi) is 28.3. The first-order valence-corrected chi connectivity index (χ1v) is 27.2. The van der Waals surface area contributed by atoms with Crippen molar-refractivity contribution >= 4 is 107 Å². The number of carboxylic acids is 1. The van der Waals surface area contributed by atoms with Gasteiger partial charge in [0.25, 0.3) is 17.1 Å². The van der Waals surface area contributed by atoms with Crippen molar-refractivity contribution in [1.82, 2.24) is 10.6 Å². The zero-order valence-electron chi connectivity index (χ0n) is 44.3. The highest BCUT2D eigenvalue weighted by molar-refractivity contribution is 8.00. The number of fused-ring (bicyclic) bond motifs is 1. The minimum atomic E-state index is -1.21. The first-order chi connectivity index (χ1) is 38.6. The summed E-state index contributed by atoms with van der Waals surface area (Å²) < 4.78 is 13.7. The number of nitro groups is 3. The molecule has 0 saturated carbocycles. The maximum absolute atomic E-state index is 12.3. The van der Waals surface area contributed by atoms with Gasteiger partial charge in [-0.15, -0.1) is 0 Å². The van der Waals surface area contributed by atoms with Crippen molar-refractivity contribution in [2.24, 2.45) is 0 Å². The van der Waals surface area contributed by atoms with Gasteiger partial charge < -0.3 is 30.0 Å². The summed E-state index contributed by atoms with van der Waals surface area (Å²) >= 11 is 13.0. The topological polar surface area (TPSA) is 304 Å². The fourth-order valence-corrected chi connectivity index (χ4v) is 10.9. The molecule has 25 heteroatoms. The van der Waals surface area contributed by atoms with E-state index in [-0.39, 0.29) is 75.5 Å². The van der Waals surface area contributed by atoms with E-state index in [4.69, 9.17) is 33.0 Å². The van der Waals surface area contributed by atoms with Crippen molar-refractivity contribution in [3.05, 3.63) is 213 Å². The van der Waals surface area contributed by atoms with Gasteiger partial charge in [0.1, 0.15) is 5.78 Å². The first kappa shape index (κ1) is 68.0. The van der Waals surface area contributed by atoms with Crippen molar-refractivity contribution in [2.75, 3.05) is 27.1 Å². The molecule has 0 spiro atoms. The smallest absolute Gasteiger partial charge is 0.339 e. The number of nitro benzene ring substituents is 3. The van der Waals surface area contributed by atoms with Gasteiger partial charge in [-0.3, -0.25) is 35.1 Å². The van der Waals surface area contributed by atoms with Gasteiger partial charge in [-0.25, -0.2) is 24.0 Å². The third kappa shape index (κ3) is 21.3. The van der Waals surface area contributed by atoms with E-state index in [1.54, 1.807) is 13.0 Å². The summed E-state index contributed by atoms with van der Waals surface area (Å²) in [5.41, 5.74) is 2.71. The largest absolute Gasteiger partial charge is 0.478 e. The van der Waals surface area contributed by atoms with Crippen LogP contribution in [-0.2, 0) is 25.4 Å². The maximum Gasteiger partial charge on any atom is 0.339 e. The molecule has 8 rings (SSSR count). The lowest BCUT2D eigenvalue weighted by atomic mass is 9.98. The number of Topliss-reactive ketones (excluding diaryl/α,β-unsaturated/α-hetero) is 1. The molecular formula is C57H60Cl2N5O16PS. The number of non-ortho nitro benzene ring substituents is 3. The van der Waals surface area contributed by atoms with Crippen LogP contribution in [0, 0.1) is 44.2 Å². The number of aromatic carboxylic acids is 1. The lowest BCUT2D eigenvalue weighted by Gasteiger charge is -2.16. The normalized spacial score (nSPS) is 14.1. The number of carbonyl (C=O) groups excluding carboxylic acids is 5. The van der Waals surface area contributed by atoms with Gasteiger partial charge in [0.15, 0.2) is 0 Å². The van der Waals surface area contributed by atoms with Crippen molar-refractivity contribution in [2.45, 2.75) is 70.7 Å². The van der Waals surface area contributed by atoms with Crippen LogP contribution in [0.25, 0.3) is 0 Å². The van der Waals surface area contributed by atoms with Gasteiger partial charge in [0.05, 0.1) is 80.5 Å². The number of unbranched alkanes of at least 4 members (excludes halogenated alkanes) is 1. The predicted octanol–water partition coefficient (Wildman–Crippen LogP) is 11.2. The molecule has 0 bridgehead atoms. The number of nitrogens with one attached hydrogen (secondary N) is 2. The van der Waals surface area contributed by atoms with E-state index in [9.17, 15) is 59.1 Å². The number of hydrogen-bond acceptors (Lipinski definition) is 16. The van der Waals surface area contributed by atoms with Crippen LogP contribution in [0.3, 0.4) is 0 Å². The van der Waals surface area contributed by atoms with Crippen LogP contribution in [0.5, 0.6) is 0 Å².